The van der Waals surface area contributed by atoms with Crippen molar-refractivity contribution < 1.29 is 19.8 Å². The summed E-state index contributed by atoms with van der Waals surface area (Å²) in [7, 11) is 0. The van der Waals surface area contributed by atoms with Gasteiger partial charge in [-0.2, -0.15) is 0 Å². The summed E-state index contributed by atoms with van der Waals surface area (Å²) in [5.41, 5.74) is 1.48. The molecule has 47 heavy (non-hydrogen) atoms. The summed E-state index contributed by atoms with van der Waals surface area (Å²) in [6, 6.07) is 12.2. The van der Waals surface area contributed by atoms with Gasteiger partial charge in [0.05, 0.1) is 26.9 Å². The van der Waals surface area contributed by atoms with Gasteiger partial charge in [-0.25, -0.2) is 10.0 Å². The van der Waals surface area contributed by atoms with Gasteiger partial charge >= 0.3 is 0 Å². The number of hydrogen-bond acceptors (Lipinski definition) is 7. The predicted octanol–water partition coefficient (Wildman–Crippen LogP) is 7.19. The van der Waals surface area contributed by atoms with E-state index in [4.69, 9.17) is 23.2 Å². The molecule has 0 aromatic heterocycles. The Morgan fingerprint density at radius 3 is 1.89 bits per heavy atom. The second-order valence-electron chi connectivity index (χ2n) is 12.6. The van der Waals surface area contributed by atoms with Crippen molar-refractivity contribution >= 4 is 46.5 Å². The molecule has 252 valence electrons. The molecule has 2 fully saturated rings. The second kappa shape index (κ2) is 17.2. The average Bonchev–Trinajstić information content (AvgIpc) is 3.25. The summed E-state index contributed by atoms with van der Waals surface area (Å²) < 4.78 is 0. The molecule has 2 aliphatic carbocycles. The van der Waals surface area contributed by atoms with Gasteiger partial charge in [0.1, 0.15) is 25.0 Å². The number of fused-ring (bicyclic) bond motifs is 1. The van der Waals surface area contributed by atoms with Crippen LogP contribution in [0.2, 0.25) is 10.0 Å². The third-order valence-corrected chi connectivity index (χ3v) is 10.0. The number of amides is 2. The summed E-state index contributed by atoms with van der Waals surface area (Å²) in [4.78, 5) is 29.3. The molecule has 2 aromatic carbocycles. The Morgan fingerprint density at radius 1 is 0.745 bits per heavy atom. The number of aliphatic hydroxyl groups excluding tert-OH is 2. The van der Waals surface area contributed by atoms with Crippen molar-refractivity contribution in [1.29, 1.82) is 0 Å². The first-order chi connectivity index (χ1) is 22.8. The third-order valence-electron chi connectivity index (χ3n) is 9.32. The van der Waals surface area contributed by atoms with Crippen LogP contribution >= 0.6 is 23.2 Å². The zero-order valence-electron chi connectivity index (χ0n) is 26.7. The van der Waals surface area contributed by atoms with Gasteiger partial charge in [-0.05, 0) is 62.1 Å². The fraction of sp³-hybridized carbons (Fsp3) is 0.472. The molecule has 4 aliphatic rings. The van der Waals surface area contributed by atoms with Crippen LogP contribution in [0.1, 0.15) is 97.8 Å². The number of anilines is 1. The minimum absolute atomic E-state index is 0.105. The fourth-order valence-corrected chi connectivity index (χ4v) is 7.14. The van der Waals surface area contributed by atoms with E-state index in [2.05, 4.69) is 15.6 Å². The molecule has 6 rings (SSSR count). The lowest BCUT2D eigenvalue weighted by Crippen LogP contribution is -2.40. The second-order valence-corrected chi connectivity index (χ2v) is 13.3. The quantitative estimate of drug-likeness (QED) is 0.181. The van der Waals surface area contributed by atoms with Gasteiger partial charge in [0.25, 0.3) is 11.8 Å². The SMILES string of the molecule is O=C(NC(O)C1CCCCCC1)c1cccc(N2CN=C3C=CC=CN32)c1Cl.O=C(NC(O)C1CCCCCC1)c1ccccc1Cl. The Hall–Kier alpha value is -3.37. The number of nitrogens with one attached hydrogen (secondary N) is 2. The van der Waals surface area contributed by atoms with Gasteiger partial charge in [-0.1, -0.05) is 98.8 Å². The molecule has 0 spiro atoms. The molecule has 4 N–H and O–H groups in total. The van der Waals surface area contributed by atoms with Crippen LogP contribution in [0, 0.1) is 11.8 Å². The molecule has 2 unspecified atom stereocenters. The molecular formula is C36H45Cl2N5O4. The lowest BCUT2D eigenvalue weighted by Gasteiger charge is -2.30. The molecule has 2 saturated carbocycles. The van der Waals surface area contributed by atoms with Crippen LogP contribution in [0.15, 0.2) is 71.9 Å². The molecule has 2 aromatic rings. The number of amidine groups is 1. The van der Waals surface area contributed by atoms with Crippen LogP contribution in [-0.4, -0.2) is 52.0 Å². The molecule has 0 bridgehead atoms. The molecule has 9 nitrogen and oxygen atoms in total. The van der Waals surface area contributed by atoms with Crippen molar-refractivity contribution in [3.8, 4) is 0 Å². The smallest absolute Gasteiger partial charge is 0.254 e. The first-order valence-electron chi connectivity index (χ1n) is 16.8. The Morgan fingerprint density at radius 2 is 1.30 bits per heavy atom. The van der Waals surface area contributed by atoms with Gasteiger partial charge < -0.3 is 20.8 Å². The van der Waals surface area contributed by atoms with Crippen molar-refractivity contribution in [2.75, 3.05) is 11.7 Å². The van der Waals surface area contributed by atoms with Gasteiger partial charge in [-0.15, -0.1) is 0 Å². The Kier molecular flexibility index (Phi) is 12.8. The number of halogens is 2. The lowest BCUT2D eigenvalue weighted by atomic mass is 9.98. The van der Waals surface area contributed by atoms with E-state index in [1.54, 1.807) is 36.4 Å². The molecular weight excluding hydrogens is 637 g/mol. The normalized spacial score (nSPS) is 19.8. The number of allylic oxidation sites excluding steroid dienone is 2. The maximum atomic E-state index is 12.8. The highest BCUT2D eigenvalue weighted by Gasteiger charge is 2.29. The molecule has 0 saturated heterocycles. The summed E-state index contributed by atoms with van der Waals surface area (Å²) in [5.74, 6) is 0.444. The van der Waals surface area contributed by atoms with Crippen molar-refractivity contribution in [3.63, 3.8) is 0 Å². The van der Waals surface area contributed by atoms with E-state index in [1.807, 2.05) is 40.5 Å². The van der Waals surface area contributed by atoms with E-state index >= 15 is 0 Å². The largest absolute Gasteiger partial charge is 0.373 e. The monoisotopic (exact) mass is 681 g/mol. The number of hydrogen-bond donors (Lipinski definition) is 4. The zero-order valence-corrected chi connectivity index (χ0v) is 28.2. The molecule has 2 aliphatic heterocycles. The van der Waals surface area contributed by atoms with E-state index in [-0.39, 0.29) is 23.7 Å². The first-order valence-corrected chi connectivity index (χ1v) is 17.6. The summed E-state index contributed by atoms with van der Waals surface area (Å²) in [5, 5.41) is 30.7. The number of hydrazine groups is 1. The van der Waals surface area contributed by atoms with Crippen LogP contribution in [0.4, 0.5) is 5.69 Å². The van der Waals surface area contributed by atoms with E-state index in [0.717, 1.165) is 57.2 Å². The van der Waals surface area contributed by atoms with E-state index in [1.165, 1.54) is 25.7 Å². The predicted molar refractivity (Wildman–Crippen MR) is 187 cm³/mol. The number of nitrogens with zero attached hydrogens (tertiary/aromatic N) is 3. The average molecular weight is 683 g/mol. The summed E-state index contributed by atoms with van der Waals surface area (Å²) >= 11 is 12.6. The highest BCUT2D eigenvalue weighted by Crippen LogP contribution is 2.33. The first kappa shape index (κ1) is 35.0. The van der Waals surface area contributed by atoms with Crippen LogP contribution < -0.4 is 15.6 Å². The van der Waals surface area contributed by atoms with E-state index < -0.39 is 12.5 Å². The summed E-state index contributed by atoms with van der Waals surface area (Å²) in [6.07, 6.45) is 19.2. The fourth-order valence-electron chi connectivity index (χ4n) is 6.61. The molecule has 0 radical (unpaired) electrons. The van der Waals surface area contributed by atoms with Crippen molar-refractivity contribution in [3.05, 3.63) is 88.1 Å². The van der Waals surface area contributed by atoms with Gasteiger partial charge in [0, 0.05) is 18.0 Å². The maximum Gasteiger partial charge on any atom is 0.254 e. The number of benzene rings is 2. The van der Waals surface area contributed by atoms with Gasteiger partial charge in [-0.3, -0.25) is 14.6 Å². The van der Waals surface area contributed by atoms with Crippen LogP contribution in [0.5, 0.6) is 0 Å². The summed E-state index contributed by atoms with van der Waals surface area (Å²) in [6.45, 7) is 0.430. The van der Waals surface area contributed by atoms with Crippen LogP contribution in [0.25, 0.3) is 0 Å². The number of aliphatic hydroxyl groups is 2. The molecule has 2 amide bonds. The maximum absolute atomic E-state index is 12.8. The Balaban J connectivity index is 0.000000199. The minimum Gasteiger partial charge on any atom is -0.373 e. The third kappa shape index (κ3) is 9.16. The van der Waals surface area contributed by atoms with Crippen LogP contribution in [0.3, 0.4) is 0 Å². The van der Waals surface area contributed by atoms with Crippen molar-refractivity contribution in [1.82, 2.24) is 15.6 Å². The number of carbonyl (C=O) groups is 2. The topological polar surface area (TPSA) is 118 Å². The zero-order chi connectivity index (χ0) is 33.2. The highest BCUT2D eigenvalue weighted by atomic mass is 35.5. The highest BCUT2D eigenvalue weighted by molar-refractivity contribution is 6.36. The van der Waals surface area contributed by atoms with E-state index in [0.29, 0.717) is 33.5 Å². The molecule has 2 atom stereocenters. The van der Waals surface area contributed by atoms with Gasteiger partial charge in [0.15, 0.2) is 0 Å². The van der Waals surface area contributed by atoms with Crippen molar-refractivity contribution in [2.24, 2.45) is 16.8 Å². The number of aliphatic imine (C=N–C) groups is 1. The lowest BCUT2D eigenvalue weighted by molar-refractivity contribution is 0.0522. The van der Waals surface area contributed by atoms with Crippen LogP contribution in [-0.2, 0) is 0 Å². The van der Waals surface area contributed by atoms with Gasteiger partial charge in [0.2, 0.25) is 0 Å². The standard InChI is InChI=1S/C21H25ClN4O2.C15H20ClNO2/c22-19-16(21(28)24-20(27)15-8-3-1-2-4-9-15)10-7-11-17(19)26-14-23-18-12-5-6-13-25(18)26;16-13-10-6-5-9-12(13)15(19)17-14(18)11-7-3-1-2-4-8-11/h5-7,10-13,15,20,27H,1-4,8-9,14H2,(H,24,28);5-6,9-11,14,18H,1-4,7-8H2,(H,17,19). The Bertz CT molecular complexity index is 1470. The number of carbonyl (C=O) groups excluding carboxylic acids is 2. The minimum atomic E-state index is -0.845. The number of rotatable bonds is 7. The Labute approximate surface area is 287 Å². The van der Waals surface area contributed by atoms with E-state index in [9.17, 15) is 19.8 Å². The van der Waals surface area contributed by atoms with Crippen molar-refractivity contribution in [2.45, 2.75) is 89.5 Å². The molecule has 2 heterocycles. The molecule has 11 heteroatoms.